The summed E-state index contributed by atoms with van der Waals surface area (Å²) >= 11 is 0. The zero-order valence-electron chi connectivity index (χ0n) is 23.0. The number of carbonyl (C=O) groups excluding carboxylic acids is 4. The largest absolute Gasteiger partial charge is 0.494 e. The fourth-order valence-electron chi connectivity index (χ4n) is 4.75. The van der Waals surface area contributed by atoms with Crippen molar-refractivity contribution >= 4 is 23.6 Å². The average molecular weight is 539 g/mol. The van der Waals surface area contributed by atoms with Gasteiger partial charge in [0.15, 0.2) is 0 Å². The van der Waals surface area contributed by atoms with Crippen molar-refractivity contribution in [3.8, 4) is 5.75 Å². The predicted octanol–water partition coefficient (Wildman–Crippen LogP) is 3.42. The van der Waals surface area contributed by atoms with Crippen LogP contribution in [-0.4, -0.2) is 52.9 Å². The third-order valence-corrected chi connectivity index (χ3v) is 7.08. The van der Waals surface area contributed by atoms with Gasteiger partial charge >= 0.3 is 0 Å². The van der Waals surface area contributed by atoms with Crippen LogP contribution >= 0.6 is 0 Å². The summed E-state index contributed by atoms with van der Waals surface area (Å²) in [7, 11) is 0. The maximum absolute atomic E-state index is 12.8. The van der Waals surface area contributed by atoms with Crippen LogP contribution in [0.25, 0.3) is 0 Å². The first kappa shape index (κ1) is 28.3. The Morgan fingerprint density at radius 1 is 1.15 bits per heavy atom. The van der Waals surface area contributed by atoms with Crippen LogP contribution in [0.3, 0.4) is 0 Å². The lowest BCUT2D eigenvalue weighted by molar-refractivity contribution is -0.137. The second kappa shape index (κ2) is 12.4. The summed E-state index contributed by atoms with van der Waals surface area (Å²) in [5.41, 5.74) is 2.22. The van der Waals surface area contributed by atoms with Crippen molar-refractivity contribution in [1.29, 1.82) is 0 Å². The Morgan fingerprint density at radius 3 is 2.69 bits per heavy atom. The maximum Gasteiger partial charge on any atom is 0.255 e. The van der Waals surface area contributed by atoms with Crippen LogP contribution < -0.4 is 15.4 Å². The number of aromatic nitrogens is 1. The van der Waals surface area contributed by atoms with E-state index in [0.29, 0.717) is 50.3 Å². The molecule has 1 aromatic heterocycles. The van der Waals surface area contributed by atoms with Crippen LogP contribution in [-0.2, 0) is 32.8 Å². The van der Waals surface area contributed by atoms with E-state index in [-0.39, 0.29) is 29.6 Å². The van der Waals surface area contributed by atoms with Gasteiger partial charge in [-0.3, -0.25) is 24.5 Å². The number of fused-ring (bicyclic) bond motifs is 1. The molecule has 10 heteroatoms. The highest BCUT2D eigenvalue weighted by atomic mass is 16.5. The molecule has 0 bridgehead atoms. The first-order valence-electron chi connectivity index (χ1n) is 13.7. The molecule has 0 aliphatic carbocycles. The van der Waals surface area contributed by atoms with E-state index in [9.17, 15) is 19.2 Å². The minimum atomic E-state index is -0.619. The summed E-state index contributed by atoms with van der Waals surface area (Å²) in [6.45, 7) is 7.76. The smallest absolute Gasteiger partial charge is 0.255 e. The monoisotopic (exact) mass is 538 g/mol. The Labute approximate surface area is 228 Å². The van der Waals surface area contributed by atoms with E-state index >= 15 is 0 Å². The second-order valence-electron chi connectivity index (χ2n) is 11.3. The molecule has 39 heavy (non-hydrogen) atoms. The summed E-state index contributed by atoms with van der Waals surface area (Å²) in [5.74, 6) is 0.542. The van der Waals surface area contributed by atoms with Crippen LogP contribution in [0.5, 0.6) is 5.75 Å². The van der Waals surface area contributed by atoms with Crippen LogP contribution in [0.2, 0.25) is 0 Å². The van der Waals surface area contributed by atoms with E-state index in [0.717, 1.165) is 42.7 Å². The Kier molecular flexibility index (Phi) is 9.04. The molecule has 2 N–H and O–H groups in total. The lowest BCUT2D eigenvalue weighted by Crippen LogP contribution is -2.52. The summed E-state index contributed by atoms with van der Waals surface area (Å²) < 4.78 is 11.2. The quantitative estimate of drug-likeness (QED) is 0.313. The third-order valence-electron chi connectivity index (χ3n) is 7.08. The number of imide groups is 1. The zero-order chi connectivity index (χ0) is 28.0. The van der Waals surface area contributed by atoms with Gasteiger partial charge in [-0.15, -0.1) is 0 Å². The fraction of sp³-hybridized carbons (Fsp3) is 0.552. The number of nitrogens with zero attached hydrogens (tertiary/aromatic N) is 2. The molecule has 3 heterocycles. The minimum Gasteiger partial charge on any atom is -0.494 e. The molecule has 0 radical (unpaired) electrons. The molecule has 2 aromatic rings. The van der Waals surface area contributed by atoms with Gasteiger partial charge in [0.05, 0.1) is 12.3 Å². The summed E-state index contributed by atoms with van der Waals surface area (Å²) in [6, 6.07) is 6.69. The Morgan fingerprint density at radius 2 is 1.95 bits per heavy atom. The second-order valence-corrected chi connectivity index (χ2v) is 11.3. The molecule has 1 fully saturated rings. The highest BCUT2D eigenvalue weighted by molar-refractivity contribution is 6.05. The van der Waals surface area contributed by atoms with E-state index in [4.69, 9.17) is 9.26 Å². The Hall–Kier alpha value is -3.69. The van der Waals surface area contributed by atoms with Gasteiger partial charge in [-0.05, 0) is 43.0 Å². The molecule has 1 aromatic carbocycles. The standard InChI is InChI=1S/C29H38N4O6/c1-29(2,3)24-17-21(39-32-24)9-12-25(34)30-14-6-4-5-7-15-38-20-8-10-22-19(16-20)18-33(28(22)37)23-11-13-26(35)31-27(23)36/h8,10,16-17,23H,4-7,9,11-15,18H2,1-3H3,(H,30,34)(H,31,35,36). The molecule has 1 atom stereocenters. The number of ether oxygens (including phenoxy) is 1. The summed E-state index contributed by atoms with van der Waals surface area (Å²) in [5, 5.41) is 9.36. The van der Waals surface area contributed by atoms with Gasteiger partial charge in [0.25, 0.3) is 5.91 Å². The van der Waals surface area contributed by atoms with E-state index in [2.05, 4.69) is 36.6 Å². The van der Waals surface area contributed by atoms with Crippen molar-refractivity contribution in [2.75, 3.05) is 13.2 Å². The first-order chi connectivity index (χ1) is 18.6. The van der Waals surface area contributed by atoms with Crippen molar-refractivity contribution in [3.63, 3.8) is 0 Å². The van der Waals surface area contributed by atoms with Crippen LogP contribution in [0.1, 0.15) is 93.1 Å². The van der Waals surface area contributed by atoms with Gasteiger partial charge in [-0.2, -0.15) is 0 Å². The van der Waals surface area contributed by atoms with Gasteiger partial charge in [0.2, 0.25) is 17.7 Å². The number of rotatable bonds is 12. The molecular weight excluding hydrogens is 500 g/mol. The van der Waals surface area contributed by atoms with Crippen molar-refractivity contribution in [2.24, 2.45) is 0 Å². The molecule has 0 saturated carbocycles. The van der Waals surface area contributed by atoms with Gasteiger partial charge in [0.1, 0.15) is 17.6 Å². The molecule has 2 aliphatic rings. The maximum atomic E-state index is 12.8. The van der Waals surface area contributed by atoms with Crippen LogP contribution in [0, 0.1) is 0 Å². The number of unbranched alkanes of at least 4 members (excludes halogenated alkanes) is 3. The predicted molar refractivity (Wildman–Crippen MR) is 143 cm³/mol. The van der Waals surface area contributed by atoms with E-state index in [1.807, 2.05) is 12.1 Å². The van der Waals surface area contributed by atoms with E-state index in [1.165, 1.54) is 4.90 Å². The number of aryl methyl sites for hydroxylation is 1. The van der Waals surface area contributed by atoms with Crippen molar-refractivity contribution in [3.05, 3.63) is 46.8 Å². The van der Waals surface area contributed by atoms with Crippen molar-refractivity contribution < 1.29 is 28.4 Å². The van der Waals surface area contributed by atoms with Crippen LogP contribution in [0.15, 0.2) is 28.8 Å². The zero-order valence-corrected chi connectivity index (χ0v) is 23.0. The highest BCUT2D eigenvalue weighted by Gasteiger charge is 2.39. The number of piperidine rings is 1. The molecule has 4 amide bonds. The molecule has 1 unspecified atom stereocenters. The molecule has 4 rings (SSSR count). The van der Waals surface area contributed by atoms with Gasteiger partial charge in [0, 0.05) is 49.4 Å². The van der Waals surface area contributed by atoms with E-state index in [1.54, 1.807) is 12.1 Å². The Balaban J connectivity index is 1.08. The number of amides is 4. The molecule has 2 aliphatic heterocycles. The average Bonchev–Trinajstić information content (AvgIpc) is 3.49. The number of benzene rings is 1. The normalized spacial score (nSPS) is 17.3. The highest BCUT2D eigenvalue weighted by Crippen LogP contribution is 2.30. The topological polar surface area (TPSA) is 131 Å². The summed E-state index contributed by atoms with van der Waals surface area (Å²) in [4.78, 5) is 50.0. The molecule has 10 nitrogen and oxygen atoms in total. The molecule has 210 valence electrons. The first-order valence-corrected chi connectivity index (χ1v) is 13.7. The van der Waals surface area contributed by atoms with Crippen LogP contribution in [0.4, 0.5) is 0 Å². The number of hydrogen-bond acceptors (Lipinski definition) is 7. The SMILES string of the molecule is CC(C)(C)c1cc(CCC(=O)NCCCCCCOc2ccc3c(c2)CN(C2CCC(=O)NC2=O)C3=O)on1. The fourth-order valence-corrected chi connectivity index (χ4v) is 4.75. The minimum absolute atomic E-state index is 0.0123. The molecular formula is C29H38N4O6. The lowest BCUT2D eigenvalue weighted by Gasteiger charge is -2.29. The van der Waals surface area contributed by atoms with E-state index < -0.39 is 11.9 Å². The number of nitrogens with one attached hydrogen (secondary N) is 2. The number of carbonyl (C=O) groups is 4. The molecule has 0 spiro atoms. The summed E-state index contributed by atoms with van der Waals surface area (Å²) in [6.07, 6.45) is 5.25. The van der Waals surface area contributed by atoms with Crippen molar-refractivity contribution in [2.45, 2.75) is 90.1 Å². The molecule has 1 saturated heterocycles. The number of hydrogen-bond donors (Lipinski definition) is 2. The Bertz CT molecular complexity index is 1210. The lowest BCUT2D eigenvalue weighted by atomic mass is 9.92. The van der Waals surface area contributed by atoms with Gasteiger partial charge in [-0.1, -0.05) is 38.8 Å². The van der Waals surface area contributed by atoms with Gasteiger partial charge in [-0.25, -0.2) is 0 Å². The third kappa shape index (κ3) is 7.46. The van der Waals surface area contributed by atoms with Gasteiger partial charge < -0.3 is 19.5 Å². The van der Waals surface area contributed by atoms with Crippen molar-refractivity contribution in [1.82, 2.24) is 20.7 Å².